The van der Waals surface area contributed by atoms with Gasteiger partial charge < -0.3 is 15.3 Å². The third-order valence-electron chi connectivity index (χ3n) is 3.74. The van der Waals surface area contributed by atoms with Crippen molar-refractivity contribution in [1.82, 2.24) is 9.88 Å². The maximum atomic E-state index is 13.4. The number of nitrogens with zero attached hydrogens (tertiary/aromatic N) is 2. The van der Waals surface area contributed by atoms with Crippen molar-refractivity contribution in [3.8, 4) is 0 Å². The molecule has 0 spiro atoms. The van der Waals surface area contributed by atoms with Crippen molar-refractivity contribution in [2.24, 2.45) is 5.92 Å². The number of halogens is 1. The Labute approximate surface area is 124 Å². The molecule has 1 aliphatic rings. The number of nitrogens with one attached hydrogen (secondary N) is 1. The second-order valence-electron chi connectivity index (χ2n) is 5.39. The standard InChI is InChI=1S/C15H22FN3O2/c1-2-5-17-14-13(8-12(16)9-18-14)15(21)19-6-3-11(10-19)4-7-20/h8-9,11,20H,2-7,10H2,1H3,(H,17,18). The molecule has 1 amide bonds. The summed E-state index contributed by atoms with van der Waals surface area (Å²) >= 11 is 0. The number of likely N-dealkylation sites (tertiary alicyclic amines) is 1. The summed E-state index contributed by atoms with van der Waals surface area (Å²) in [5, 5.41) is 12.0. The first-order chi connectivity index (χ1) is 10.2. The van der Waals surface area contributed by atoms with Gasteiger partial charge in [-0.2, -0.15) is 0 Å². The first-order valence-corrected chi connectivity index (χ1v) is 7.45. The molecule has 1 saturated heterocycles. The SMILES string of the molecule is CCCNc1ncc(F)cc1C(=O)N1CCC(CCO)C1. The van der Waals surface area contributed by atoms with Crippen LogP contribution in [0.25, 0.3) is 0 Å². The fourth-order valence-corrected chi connectivity index (χ4v) is 2.59. The first kappa shape index (κ1) is 15.7. The molecule has 0 saturated carbocycles. The Hall–Kier alpha value is -1.69. The normalized spacial score (nSPS) is 18.0. The van der Waals surface area contributed by atoms with Gasteiger partial charge in [-0.3, -0.25) is 4.79 Å². The zero-order valence-electron chi connectivity index (χ0n) is 12.3. The van der Waals surface area contributed by atoms with Crippen molar-refractivity contribution in [2.45, 2.75) is 26.2 Å². The van der Waals surface area contributed by atoms with Gasteiger partial charge in [0.2, 0.25) is 0 Å². The lowest BCUT2D eigenvalue weighted by Crippen LogP contribution is -2.30. The fourth-order valence-electron chi connectivity index (χ4n) is 2.59. The molecule has 5 nitrogen and oxygen atoms in total. The molecular weight excluding hydrogens is 273 g/mol. The molecule has 0 bridgehead atoms. The lowest BCUT2D eigenvalue weighted by atomic mass is 10.1. The molecule has 116 valence electrons. The predicted molar refractivity (Wildman–Crippen MR) is 78.7 cm³/mol. The zero-order chi connectivity index (χ0) is 15.2. The second kappa shape index (κ2) is 7.36. The van der Waals surface area contributed by atoms with E-state index in [1.54, 1.807) is 4.90 Å². The molecule has 0 radical (unpaired) electrons. The third kappa shape index (κ3) is 3.91. The monoisotopic (exact) mass is 295 g/mol. The Morgan fingerprint density at radius 3 is 3.14 bits per heavy atom. The van der Waals surface area contributed by atoms with Crippen molar-refractivity contribution in [3.05, 3.63) is 23.6 Å². The van der Waals surface area contributed by atoms with E-state index in [2.05, 4.69) is 10.3 Å². The molecule has 1 aromatic heterocycles. The maximum Gasteiger partial charge on any atom is 0.257 e. The van der Waals surface area contributed by atoms with Crippen molar-refractivity contribution >= 4 is 11.7 Å². The van der Waals surface area contributed by atoms with E-state index in [0.29, 0.717) is 37.8 Å². The van der Waals surface area contributed by atoms with E-state index < -0.39 is 5.82 Å². The molecule has 2 N–H and O–H groups in total. The minimum Gasteiger partial charge on any atom is -0.396 e. The number of hydrogen-bond donors (Lipinski definition) is 2. The van der Waals surface area contributed by atoms with Crippen LogP contribution in [0, 0.1) is 11.7 Å². The highest BCUT2D eigenvalue weighted by atomic mass is 19.1. The van der Waals surface area contributed by atoms with Crippen LogP contribution in [0.1, 0.15) is 36.5 Å². The van der Waals surface area contributed by atoms with E-state index in [9.17, 15) is 9.18 Å². The molecule has 6 heteroatoms. The van der Waals surface area contributed by atoms with Crippen LogP contribution in [-0.4, -0.2) is 47.1 Å². The van der Waals surface area contributed by atoms with E-state index in [-0.39, 0.29) is 18.1 Å². The van der Waals surface area contributed by atoms with Crippen LogP contribution in [0.15, 0.2) is 12.3 Å². The van der Waals surface area contributed by atoms with E-state index in [1.807, 2.05) is 6.92 Å². The van der Waals surface area contributed by atoms with Crippen LogP contribution >= 0.6 is 0 Å². The lowest BCUT2D eigenvalue weighted by Gasteiger charge is -2.18. The Balaban J connectivity index is 2.12. The number of carbonyl (C=O) groups excluding carboxylic acids is 1. The highest BCUT2D eigenvalue weighted by molar-refractivity contribution is 5.98. The third-order valence-corrected chi connectivity index (χ3v) is 3.74. The van der Waals surface area contributed by atoms with Crippen LogP contribution in [0.3, 0.4) is 0 Å². The Kier molecular flexibility index (Phi) is 5.50. The summed E-state index contributed by atoms with van der Waals surface area (Å²) in [7, 11) is 0. The molecule has 1 unspecified atom stereocenters. The number of pyridine rings is 1. The highest BCUT2D eigenvalue weighted by Crippen LogP contribution is 2.23. The minimum absolute atomic E-state index is 0.136. The molecule has 0 aromatic carbocycles. The van der Waals surface area contributed by atoms with Crippen LogP contribution < -0.4 is 5.32 Å². The number of carbonyl (C=O) groups is 1. The van der Waals surface area contributed by atoms with E-state index >= 15 is 0 Å². The van der Waals surface area contributed by atoms with Crippen molar-refractivity contribution < 1.29 is 14.3 Å². The summed E-state index contributed by atoms with van der Waals surface area (Å²) in [6, 6.07) is 1.24. The number of hydrogen-bond acceptors (Lipinski definition) is 4. The molecule has 0 aliphatic carbocycles. The minimum atomic E-state index is -0.508. The van der Waals surface area contributed by atoms with Gasteiger partial charge in [-0.15, -0.1) is 0 Å². The average molecular weight is 295 g/mol. The summed E-state index contributed by atoms with van der Waals surface area (Å²) in [6.45, 7) is 4.10. The smallest absolute Gasteiger partial charge is 0.257 e. The van der Waals surface area contributed by atoms with Gasteiger partial charge in [0.05, 0.1) is 11.8 Å². The zero-order valence-corrected chi connectivity index (χ0v) is 12.3. The van der Waals surface area contributed by atoms with Crippen LogP contribution in [0.2, 0.25) is 0 Å². The number of amides is 1. The summed E-state index contributed by atoms with van der Waals surface area (Å²) in [5.74, 6) is 0.0638. The van der Waals surface area contributed by atoms with Gasteiger partial charge >= 0.3 is 0 Å². The summed E-state index contributed by atoms with van der Waals surface area (Å²) in [4.78, 5) is 18.3. The van der Waals surface area contributed by atoms with Crippen molar-refractivity contribution in [1.29, 1.82) is 0 Å². The number of rotatable bonds is 6. The van der Waals surface area contributed by atoms with Gasteiger partial charge in [-0.05, 0) is 31.2 Å². The summed E-state index contributed by atoms with van der Waals surface area (Å²) in [6.07, 6.45) is 3.60. The molecule has 2 rings (SSSR count). The van der Waals surface area contributed by atoms with Gasteiger partial charge in [0.25, 0.3) is 5.91 Å². The Morgan fingerprint density at radius 1 is 1.62 bits per heavy atom. The quantitative estimate of drug-likeness (QED) is 0.841. The van der Waals surface area contributed by atoms with Crippen LogP contribution in [0.4, 0.5) is 10.2 Å². The number of aliphatic hydroxyl groups excluding tert-OH is 1. The van der Waals surface area contributed by atoms with Gasteiger partial charge in [-0.25, -0.2) is 9.37 Å². The summed E-state index contributed by atoms with van der Waals surface area (Å²) < 4.78 is 13.4. The predicted octanol–water partition coefficient (Wildman–Crippen LogP) is 1.89. The van der Waals surface area contributed by atoms with Crippen LogP contribution in [0.5, 0.6) is 0 Å². The van der Waals surface area contributed by atoms with Crippen molar-refractivity contribution in [3.63, 3.8) is 0 Å². The van der Waals surface area contributed by atoms with Gasteiger partial charge in [0, 0.05) is 26.2 Å². The molecule has 21 heavy (non-hydrogen) atoms. The Morgan fingerprint density at radius 2 is 2.43 bits per heavy atom. The highest BCUT2D eigenvalue weighted by Gasteiger charge is 2.28. The van der Waals surface area contributed by atoms with Crippen LogP contribution in [-0.2, 0) is 0 Å². The van der Waals surface area contributed by atoms with E-state index in [0.717, 1.165) is 19.0 Å². The number of anilines is 1. The first-order valence-electron chi connectivity index (χ1n) is 7.45. The number of aromatic nitrogens is 1. The molecule has 1 aliphatic heterocycles. The van der Waals surface area contributed by atoms with Gasteiger partial charge in [0.1, 0.15) is 11.6 Å². The van der Waals surface area contributed by atoms with Gasteiger partial charge in [0.15, 0.2) is 0 Å². The lowest BCUT2D eigenvalue weighted by molar-refractivity contribution is 0.0785. The van der Waals surface area contributed by atoms with E-state index in [4.69, 9.17) is 5.11 Å². The molecular formula is C15H22FN3O2. The summed E-state index contributed by atoms with van der Waals surface area (Å²) in [5.41, 5.74) is 0.285. The van der Waals surface area contributed by atoms with E-state index in [1.165, 1.54) is 6.07 Å². The molecule has 1 atom stereocenters. The molecule has 2 heterocycles. The second-order valence-corrected chi connectivity index (χ2v) is 5.39. The Bertz CT molecular complexity index is 496. The average Bonchev–Trinajstić information content (AvgIpc) is 2.94. The topological polar surface area (TPSA) is 65.5 Å². The molecule has 1 aromatic rings. The van der Waals surface area contributed by atoms with Gasteiger partial charge in [-0.1, -0.05) is 6.92 Å². The fraction of sp³-hybridized carbons (Fsp3) is 0.600. The molecule has 1 fully saturated rings. The maximum absolute atomic E-state index is 13.4. The number of aliphatic hydroxyl groups is 1. The van der Waals surface area contributed by atoms with Crippen molar-refractivity contribution in [2.75, 3.05) is 31.6 Å². The largest absolute Gasteiger partial charge is 0.396 e.